The SMILES string of the molecule is O=C(Nc1nc2cccnc2s1)N[C@H]1C[C@@H]2C[C@H]1[C@H](O)C2. The first kappa shape index (κ1) is 13.0. The van der Waals surface area contributed by atoms with Crippen LogP contribution in [0.3, 0.4) is 0 Å². The summed E-state index contributed by atoms with van der Waals surface area (Å²) in [6.07, 6.45) is 4.32. The highest BCUT2D eigenvalue weighted by atomic mass is 32.1. The summed E-state index contributed by atoms with van der Waals surface area (Å²) in [6, 6.07) is 3.52. The van der Waals surface area contributed by atoms with Gasteiger partial charge in [-0.25, -0.2) is 14.8 Å². The van der Waals surface area contributed by atoms with Crippen molar-refractivity contribution in [3.63, 3.8) is 0 Å². The maximum atomic E-state index is 12.1. The largest absolute Gasteiger partial charge is 0.393 e. The number of hydrogen-bond donors (Lipinski definition) is 3. The summed E-state index contributed by atoms with van der Waals surface area (Å²) in [5, 5.41) is 16.2. The number of pyridine rings is 1. The molecule has 2 aromatic heterocycles. The third kappa shape index (κ3) is 2.36. The van der Waals surface area contributed by atoms with Gasteiger partial charge in [-0.15, -0.1) is 0 Å². The van der Waals surface area contributed by atoms with Crippen LogP contribution in [0.5, 0.6) is 0 Å². The number of aliphatic hydroxyl groups excluding tert-OH is 1. The molecule has 0 saturated heterocycles. The second kappa shape index (κ2) is 4.92. The number of thiazole rings is 1. The molecule has 2 heterocycles. The molecule has 2 bridgehead atoms. The quantitative estimate of drug-likeness (QED) is 0.791. The summed E-state index contributed by atoms with van der Waals surface area (Å²) < 4.78 is 0. The minimum atomic E-state index is -0.263. The molecule has 6 nitrogen and oxygen atoms in total. The summed E-state index contributed by atoms with van der Waals surface area (Å²) in [7, 11) is 0. The maximum Gasteiger partial charge on any atom is 0.321 e. The molecule has 2 amide bonds. The molecule has 4 rings (SSSR count). The Morgan fingerprint density at radius 1 is 1.38 bits per heavy atom. The predicted octanol–water partition coefficient (Wildman–Crippen LogP) is 1.97. The summed E-state index contributed by atoms with van der Waals surface area (Å²) in [4.78, 5) is 21.4. The van der Waals surface area contributed by atoms with Crippen LogP contribution < -0.4 is 10.6 Å². The van der Waals surface area contributed by atoms with Crippen molar-refractivity contribution in [1.29, 1.82) is 0 Å². The van der Waals surface area contributed by atoms with E-state index in [1.54, 1.807) is 6.20 Å². The lowest BCUT2D eigenvalue weighted by Gasteiger charge is -2.26. The highest BCUT2D eigenvalue weighted by molar-refractivity contribution is 7.21. The summed E-state index contributed by atoms with van der Waals surface area (Å²) in [5.74, 6) is 0.764. The number of nitrogens with zero attached hydrogens (tertiary/aromatic N) is 2. The molecule has 3 N–H and O–H groups in total. The monoisotopic (exact) mass is 304 g/mol. The van der Waals surface area contributed by atoms with E-state index in [9.17, 15) is 9.90 Å². The number of nitrogens with one attached hydrogen (secondary N) is 2. The lowest BCUT2D eigenvalue weighted by atomic mass is 9.93. The van der Waals surface area contributed by atoms with Crippen LogP contribution in [0.1, 0.15) is 19.3 Å². The van der Waals surface area contributed by atoms with Gasteiger partial charge in [0.1, 0.15) is 10.3 Å². The Morgan fingerprint density at radius 2 is 2.29 bits per heavy atom. The minimum absolute atomic E-state index is 0.0752. The highest BCUT2D eigenvalue weighted by Crippen LogP contribution is 2.44. The van der Waals surface area contributed by atoms with Gasteiger partial charge in [0.05, 0.1) is 6.10 Å². The van der Waals surface area contributed by atoms with Gasteiger partial charge in [0, 0.05) is 18.2 Å². The van der Waals surface area contributed by atoms with Crippen molar-refractivity contribution in [2.24, 2.45) is 11.8 Å². The van der Waals surface area contributed by atoms with Crippen LogP contribution in [0.4, 0.5) is 9.93 Å². The molecule has 110 valence electrons. The Kier molecular flexibility index (Phi) is 3.04. The van der Waals surface area contributed by atoms with Gasteiger partial charge in [0.15, 0.2) is 5.13 Å². The van der Waals surface area contributed by atoms with E-state index in [0.717, 1.165) is 29.6 Å². The molecular weight excluding hydrogens is 288 g/mol. The molecule has 21 heavy (non-hydrogen) atoms. The number of aromatic nitrogens is 2. The van der Waals surface area contributed by atoms with E-state index < -0.39 is 0 Å². The zero-order valence-corrected chi connectivity index (χ0v) is 12.1. The van der Waals surface area contributed by atoms with Gasteiger partial charge in [0.2, 0.25) is 0 Å². The number of hydrogen-bond acceptors (Lipinski definition) is 5. The Labute approximate surface area is 125 Å². The number of rotatable bonds is 2. The van der Waals surface area contributed by atoms with E-state index in [0.29, 0.717) is 11.0 Å². The summed E-state index contributed by atoms with van der Waals surface area (Å²) in [5.41, 5.74) is 0.785. The first-order valence-corrected chi connectivity index (χ1v) is 7.98. The van der Waals surface area contributed by atoms with Crippen LogP contribution in [0.2, 0.25) is 0 Å². The molecule has 0 radical (unpaired) electrons. The molecule has 2 fully saturated rings. The van der Waals surface area contributed by atoms with Crippen LogP contribution in [-0.4, -0.2) is 33.3 Å². The fourth-order valence-corrected chi connectivity index (χ4v) is 4.41. The lowest BCUT2D eigenvalue weighted by molar-refractivity contribution is 0.0960. The molecule has 0 spiro atoms. The maximum absolute atomic E-state index is 12.1. The Hall–Kier alpha value is -1.73. The van der Waals surface area contributed by atoms with Crippen LogP contribution in [0, 0.1) is 11.8 Å². The van der Waals surface area contributed by atoms with Crippen molar-refractivity contribution in [2.45, 2.75) is 31.4 Å². The molecule has 2 aliphatic carbocycles. The van der Waals surface area contributed by atoms with Gasteiger partial charge in [-0.05, 0) is 37.3 Å². The van der Waals surface area contributed by atoms with Crippen molar-refractivity contribution in [3.8, 4) is 0 Å². The molecule has 2 saturated carbocycles. The number of amides is 2. The third-order valence-corrected chi connectivity index (χ3v) is 5.38. The van der Waals surface area contributed by atoms with Crippen molar-refractivity contribution >= 4 is 32.8 Å². The molecule has 7 heteroatoms. The van der Waals surface area contributed by atoms with Crippen LogP contribution in [0.25, 0.3) is 10.3 Å². The third-order valence-electron chi connectivity index (χ3n) is 4.48. The summed E-state index contributed by atoms with van der Waals surface area (Å²) >= 11 is 1.36. The zero-order valence-electron chi connectivity index (χ0n) is 11.3. The molecular formula is C14H16N4O2S. The van der Waals surface area contributed by atoms with Crippen molar-refractivity contribution in [3.05, 3.63) is 18.3 Å². The summed E-state index contributed by atoms with van der Waals surface area (Å²) in [6.45, 7) is 0. The predicted molar refractivity (Wildman–Crippen MR) is 80.2 cm³/mol. The average molecular weight is 304 g/mol. The van der Waals surface area contributed by atoms with Gasteiger partial charge in [-0.3, -0.25) is 5.32 Å². The lowest BCUT2D eigenvalue weighted by Crippen LogP contribution is -2.44. The van der Waals surface area contributed by atoms with Crippen molar-refractivity contribution in [1.82, 2.24) is 15.3 Å². The second-order valence-electron chi connectivity index (χ2n) is 5.86. The minimum Gasteiger partial charge on any atom is -0.393 e. The van der Waals surface area contributed by atoms with Gasteiger partial charge in [-0.1, -0.05) is 11.3 Å². The van der Waals surface area contributed by atoms with E-state index >= 15 is 0 Å². The van der Waals surface area contributed by atoms with Crippen LogP contribution in [0.15, 0.2) is 18.3 Å². The standard InChI is InChI=1S/C14H16N4O2S/c19-11-6-7-4-8(11)10(5-7)16-13(20)18-14-17-9-2-1-3-15-12(9)21-14/h1-3,7-8,10-11,19H,4-6H2,(H2,16,17,18,20)/t7-,8+,10-,11+/m0/s1. The first-order valence-electron chi connectivity index (χ1n) is 7.16. The van der Waals surface area contributed by atoms with E-state index in [-0.39, 0.29) is 24.1 Å². The molecule has 2 aromatic rings. The molecule has 0 aromatic carbocycles. The number of anilines is 1. The molecule has 4 atom stereocenters. The number of carbonyl (C=O) groups excluding carboxylic acids is 1. The first-order chi connectivity index (χ1) is 10.2. The van der Waals surface area contributed by atoms with E-state index in [1.807, 2.05) is 12.1 Å². The van der Waals surface area contributed by atoms with Crippen molar-refractivity contribution in [2.75, 3.05) is 5.32 Å². The van der Waals surface area contributed by atoms with Crippen LogP contribution >= 0.6 is 11.3 Å². The molecule has 0 unspecified atom stereocenters. The second-order valence-corrected chi connectivity index (χ2v) is 6.83. The van der Waals surface area contributed by atoms with Crippen molar-refractivity contribution < 1.29 is 9.90 Å². The fourth-order valence-electron chi connectivity index (χ4n) is 3.60. The smallest absolute Gasteiger partial charge is 0.321 e. The molecule has 2 aliphatic rings. The Bertz CT molecular complexity index is 655. The molecule has 0 aliphatic heterocycles. The Balaban J connectivity index is 1.42. The van der Waals surface area contributed by atoms with Gasteiger partial charge in [-0.2, -0.15) is 0 Å². The zero-order chi connectivity index (χ0) is 14.4. The van der Waals surface area contributed by atoms with Gasteiger partial charge < -0.3 is 10.4 Å². The normalized spacial score (nSPS) is 30.7. The van der Waals surface area contributed by atoms with Gasteiger partial charge >= 0.3 is 6.03 Å². The van der Waals surface area contributed by atoms with Crippen LogP contribution in [-0.2, 0) is 0 Å². The highest BCUT2D eigenvalue weighted by Gasteiger charge is 2.46. The topological polar surface area (TPSA) is 87.1 Å². The Morgan fingerprint density at radius 3 is 3.05 bits per heavy atom. The van der Waals surface area contributed by atoms with E-state index in [4.69, 9.17) is 0 Å². The number of aliphatic hydroxyl groups is 1. The fraction of sp³-hybridized carbons (Fsp3) is 0.500. The van der Waals surface area contributed by atoms with Gasteiger partial charge in [0.25, 0.3) is 0 Å². The number of carbonyl (C=O) groups is 1. The van der Waals surface area contributed by atoms with E-state index in [2.05, 4.69) is 20.6 Å². The number of fused-ring (bicyclic) bond motifs is 3. The van der Waals surface area contributed by atoms with E-state index in [1.165, 1.54) is 11.3 Å². The average Bonchev–Trinajstić information content (AvgIpc) is 3.10. The number of urea groups is 1.